The summed E-state index contributed by atoms with van der Waals surface area (Å²) in [6.45, 7) is 0. The molecule has 8 aromatic rings. The van der Waals surface area contributed by atoms with Gasteiger partial charge in [-0.3, -0.25) is 0 Å². The monoisotopic (exact) mass is 589 g/mol. The summed E-state index contributed by atoms with van der Waals surface area (Å²) in [5.41, 5.74) is 12.7. The highest BCUT2D eigenvalue weighted by atomic mass is 16.5. The molecule has 0 amide bonds. The Morgan fingerprint density at radius 2 is 1.11 bits per heavy atom. The van der Waals surface area contributed by atoms with Gasteiger partial charge in [0.05, 0.1) is 11.1 Å². The lowest BCUT2D eigenvalue weighted by Crippen LogP contribution is -2.32. The first-order valence-corrected chi connectivity index (χ1v) is 15.7. The van der Waals surface area contributed by atoms with Crippen LogP contribution in [0.3, 0.4) is 0 Å². The Bertz CT molecular complexity index is 2440. The van der Waals surface area contributed by atoms with Crippen LogP contribution in [0.4, 0.5) is 11.4 Å². The highest BCUT2D eigenvalue weighted by Crippen LogP contribution is 2.63. The van der Waals surface area contributed by atoms with Gasteiger partial charge in [-0.25, -0.2) is 0 Å². The Kier molecular flexibility index (Phi) is 5.20. The zero-order valence-electron chi connectivity index (χ0n) is 24.8. The number of benzene rings is 7. The van der Waals surface area contributed by atoms with Crippen LogP contribution in [-0.4, -0.2) is 0 Å². The van der Waals surface area contributed by atoms with Gasteiger partial charge in [-0.1, -0.05) is 121 Å². The Labute approximate surface area is 266 Å². The maximum Gasteiger partial charge on any atom is 0.158 e. The van der Waals surface area contributed by atoms with Gasteiger partial charge in [0.25, 0.3) is 0 Å². The second kappa shape index (κ2) is 9.47. The van der Waals surface area contributed by atoms with E-state index in [-0.39, 0.29) is 0 Å². The molecule has 10 rings (SSSR count). The van der Waals surface area contributed by atoms with E-state index in [0.717, 1.165) is 67.1 Å². The minimum atomic E-state index is -0.518. The smallest absolute Gasteiger partial charge is 0.158 e. The number of para-hydroxylation sites is 3. The van der Waals surface area contributed by atoms with Crippen molar-refractivity contribution >= 4 is 33.3 Å². The van der Waals surface area contributed by atoms with E-state index < -0.39 is 5.41 Å². The molecule has 3 nitrogen and oxygen atoms in total. The van der Waals surface area contributed by atoms with Crippen molar-refractivity contribution in [2.45, 2.75) is 5.41 Å². The summed E-state index contributed by atoms with van der Waals surface area (Å²) in [4.78, 5) is 0. The second-order valence-corrected chi connectivity index (χ2v) is 12.1. The third-order valence-corrected chi connectivity index (χ3v) is 9.73. The van der Waals surface area contributed by atoms with Gasteiger partial charge >= 0.3 is 0 Å². The van der Waals surface area contributed by atoms with E-state index in [2.05, 4.69) is 151 Å². The fourth-order valence-electron chi connectivity index (χ4n) is 7.87. The van der Waals surface area contributed by atoms with Gasteiger partial charge in [-0.05, 0) is 64.2 Å². The number of hydrogen-bond donors (Lipinski definition) is 1. The lowest BCUT2D eigenvalue weighted by molar-refractivity contribution is 0.436. The summed E-state index contributed by atoms with van der Waals surface area (Å²) >= 11 is 0. The van der Waals surface area contributed by atoms with Crippen LogP contribution < -0.4 is 10.1 Å². The first kappa shape index (κ1) is 25.3. The Hall–Kier alpha value is -6.06. The van der Waals surface area contributed by atoms with Crippen molar-refractivity contribution in [1.82, 2.24) is 0 Å². The van der Waals surface area contributed by atoms with Crippen molar-refractivity contribution in [3.8, 4) is 33.8 Å². The molecule has 0 atom stereocenters. The summed E-state index contributed by atoms with van der Waals surface area (Å²) in [6.07, 6.45) is 0. The van der Waals surface area contributed by atoms with E-state index >= 15 is 0 Å². The zero-order chi connectivity index (χ0) is 30.2. The molecule has 1 N–H and O–H groups in total. The molecule has 3 heteroatoms. The number of anilines is 2. The number of nitrogens with one attached hydrogen (secondary N) is 1. The van der Waals surface area contributed by atoms with Crippen LogP contribution in [0.5, 0.6) is 11.5 Å². The van der Waals surface area contributed by atoms with E-state index in [9.17, 15) is 0 Å². The SMILES string of the molecule is c1ccc(-c2cc(Nc3cccc4c3-c3ccccc3C43c4ccccc4Oc4ccccc43)c3oc4ccccc4c3c2)cc1. The van der Waals surface area contributed by atoms with Crippen molar-refractivity contribution in [2.75, 3.05) is 5.32 Å². The number of hydrogen-bond acceptors (Lipinski definition) is 3. The lowest BCUT2D eigenvalue weighted by Gasteiger charge is -2.39. The molecular formula is C43H27NO2. The fourth-order valence-corrected chi connectivity index (χ4v) is 7.87. The highest BCUT2D eigenvalue weighted by molar-refractivity contribution is 6.11. The third kappa shape index (κ3) is 3.37. The molecule has 216 valence electrons. The molecule has 1 aliphatic heterocycles. The number of furan rings is 1. The van der Waals surface area contributed by atoms with E-state index in [1.807, 2.05) is 12.1 Å². The molecule has 2 heterocycles. The van der Waals surface area contributed by atoms with Crippen LogP contribution in [0, 0.1) is 0 Å². The van der Waals surface area contributed by atoms with Gasteiger partial charge in [0.15, 0.2) is 5.58 Å². The van der Waals surface area contributed by atoms with Crippen LogP contribution in [0.1, 0.15) is 22.3 Å². The Morgan fingerprint density at radius 1 is 0.457 bits per heavy atom. The van der Waals surface area contributed by atoms with Gasteiger partial charge < -0.3 is 14.5 Å². The summed E-state index contributed by atoms with van der Waals surface area (Å²) in [6, 6.07) is 55.7. The van der Waals surface area contributed by atoms with Gasteiger partial charge in [-0.2, -0.15) is 0 Å². The lowest BCUT2D eigenvalue weighted by atomic mass is 9.66. The molecule has 0 radical (unpaired) electrons. The molecule has 1 aliphatic carbocycles. The topological polar surface area (TPSA) is 34.4 Å². The maximum atomic E-state index is 6.56. The van der Waals surface area contributed by atoms with E-state index in [1.165, 1.54) is 22.3 Å². The van der Waals surface area contributed by atoms with Crippen LogP contribution in [0.2, 0.25) is 0 Å². The van der Waals surface area contributed by atoms with Crippen molar-refractivity contribution in [2.24, 2.45) is 0 Å². The molecule has 1 aromatic heterocycles. The highest BCUT2D eigenvalue weighted by Gasteiger charge is 2.51. The van der Waals surface area contributed by atoms with Crippen molar-refractivity contribution in [3.63, 3.8) is 0 Å². The van der Waals surface area contributed by atoms with Gasteiger partial charge in [-0.15, -0.1) is 0 Å². The second-order valence-electron chi connectivity index (χ2n) is 12.1. The van der Waals surface area contributed by atoms with Crippen molar-refractivity contribution in [1.29, 1.82) is 0 Å². The molecule has 0 saturated carbocycles. The quantitative estimate of drug-likeness (QED) is 0.223. The minimum Gasteiger partial charge on any atom is -0.457 e. The molecule has 0 fully saturated rings. The molecular weight excluding hydrogens is 562 g/mol. The average molecular weight is 590 g/mol. The van der Waals surface area contributed by atoms with Crippen LogP contribution >= 0.6 is 0 Å². The van der Waals surface area contributed by atoms with Crippen molar-refractivity contribution in [3.05, 3.63) is 180 Å². The molecule has 0 saturated heterocycles. The van der Waals surface area contributed by atoms with E-state index in [1.54, 1.807) is 0 Å². The molecule has 1 spiro atoms. The third-order valence-electron chi connectivity index (χ3n) is 9.73. The maximum absolute atomic E-state index is 6.56. The summed E-state index contributed by atoms with van der Waals surface area (Å²) in [7, 11) is 0. The fraction of sp³-hybridized carbons (Fsp3) is 0.0233. The summed E-state index contributed by atoms with van der Waals surface area (Å²) < 4.78 is 13.1. The molecule has 0 unspecified atom stereocenters. The molecule has 0 bridgehead atoms. The minimum absolute atomic E-state index is 0.518. The molecule has 2 aliphatic rings. The van der Waals surface area contributed by atoms with Crippen LogP contribution in [-0.2, 0) is 5.41 Å². The summed E-state index contributed by atoms with van der Waals surface area (Å²) in [5, 5.41) is 6.11. The number of fused-ring (bicyclic) bond motifs is 12. The van der Waals surface area contributed by atoms with Crippen LogP contribution in [0.25, 0.3) is 44.2 Å². The Morgan fingerprint density at radius 3 is 1.91 bits per heavy atom. The normalized spacial score (nSPS) is 13.6. The van der Waals surface area contributed by atoms with Gasteiger partial charge in [0, 0.05) is 33.2 Å². The van der Waals surface area contributed by atoms with Gasteiger partial charge in [0.1, 0.15) is 17.1 Å². The largest absolute Gasteiger partial charge is 0.457 e. The predicted molar refractivity (Wildman–Crippen MR) is 186 cm³/mol. The number of rotatable bonds is 3. The zero-order valence-corrected chi connectivity index (χ0v) is 24.8. The molecule has 46 heavy (non-hydrogen) atoms. The predicted octanol–water partition coefficient (Wildman–Crippen LogP) is 11.5. The Balaban J connectivity index is 1.25. The molecule has 7 aromatic carbocycles. The van der Waals surface area contributed by atoms with Gasteiger partial charge in [0.2, 0.25) is 0 Å². The first-order valence-electron chi connectivity index (χ1n) is 15.7. The van der Waals surface area contributed by atoms with E-state index in [4.69, 9.17) is 9.15 Å². The summed E-state index contributed by atoms with van der Waals surface area (Å²) in [5.74, 6) is 1.78. The van der Waals surface area contributed by atoms with E-state index in [0.29, 0.717) is 0 Å². The van der Waals surface area contributed by atoms with Crippen LogP contribution in [0.15, 0.2) is 162 Å². The van der Waals surface area contributed by atoms with Crippen molar-refractivity contribution < 1.29 is 9.15 Å². The average Bonchev–Trinajstić information content (AvgIpc) is 3.64. The number of ether oxygens (including phenoxy) is 1. The first-order chi connectivity index (χ1) is 22.8. The standard InChI is InChI=1S/C43H27NO2/c1-2-13-27(14-3-1)28-25-31-29-15-5-9-22-38(29)46-42(31)37(26-28)44-36-21-12-20-35-41(36)30-16-4-6-17-32(30)43(35)33-18-7-10-23-39(33)45-40-24-11-8-19-34(40)43/h1-26,44H.